The molecule has 1 aliphatic carbocycles. The molecule has 0 aliphatic heterocycles. The van der Waals surface area contributed by atoms with Crippen LogP contribution in [-0.2, 0) is 13.0 Å². The Hall–Kier alpha value is -2.75. The van der Waals surface area contributed by atoms with Gasteiger partial charge in [-0.25, -0.2) is 15.0 Å². The highest BCUT2D eigenvalue weighted by atomic mass is 15.0. The minimum absolute atomic E-state index is 0.715. The summed E-state index contributed by atoms with van der Waals surface area (Å²) in [6, 6.07) is 10.5. The molecule has 2 heterocycles. The SMILES string of the molecule is C1=Cc2cc(CNc3ncnc4ncccc34)ccc2C1. The van der Waals surface area contributed by atoms with Gasteiger partial charge in [-0.05, 0) is 41.3 Å². The predicted octanol–water partition coefficient (Wildman–Crippen LogP) is 3.21. The highest BCUT2D eigenvalue weighted by Crippen LogP contribution is 2.22. The van der Waals surface area contributed by atoms with Crippen LogP contribution in [0.2, 0.25) is 0 Å². The van der Waals surface area contributed by atoms with Crippen molar-refractivity contribution in [3.8, 4) is 0 Å². The number of aromatic nitrogens is 3. The Morgan fingerprint density at radius 2 is 2.10 bits per heavy atom. The van der Waals surface area contributed by atoms with Gasteiger partial charge in [0.25, 0.3) is 0 Å². The van der Waals surface area contributed by atoms with Crippen molar-refractivity contribution in [2.75, 3.05) is 5.32 Å². The Morgan fingerprint density at radius 3 is 3.10 bits per heavy atom. The largest absolute Gasteiger partial charge is 0.365 e. The van der Waals surface area contributed by atoms with Crippen LogP contribution in [0.25, 0.3) is 17.1 Å². The van der Waals surface area contributed by atoms with Crippen LogP contribution in [0.3, 0.4) is 0 Å². The van der Waals surface area contributed by atoms with Gasteiger partial charge in [0.15, 0.2) is 5.65 Å². The Balaban J connectivity index is 1.60. The number of rotatable bonds is 3. The third-order valence-corrected chi connectivity index (χ3v) is 3.71. The van der Waals surface area contributed by atoms with Gasteiger partial charge in [0.2, 0.25) is 0 Å². The summed E-state index contributed by atoms with van der Waals surface area (Å²) < 4.78 is 0. The Labute approximate surface area is 122 Å². The highest BCUT2D eigenvalue weighted by molar-refractivity contribution is 5.85. The summed E-state index contributed by atoms with van der Waals surface area (Å²) >= 11 is 0. The number of fused-ring (bicyclic) bond motifs is 2. The van der Waals surface area contributed by atoms with Crippen LogP contribution in [0.15, 0.2) is 48.9 Å². The van der Waals surface area contributed by atoms with E-state index < -0.39 is 0 Å². The van der Waals surface area contributed by atoms with Crippen molar-refractivity contribution >= 4 is 22.9 Å². The summed E-state index contributed by atoms with van der Waals surface area (Å²) in [5.74, 6) is 0.823. The summed E-state index contributed by atoms with van der Waals surface area (Å²) in [6.07, 6.45) is 8.72. The molecule has 4 nitrogen and oxygen atoms in total. The lowest BCUT2D eigenvalue weighted by Gasteiger charge is -2.09. The second-order valence-corrected chi connectivity index (χ2v) is 5.09. The van der Waals surface area contributed by atoms with Crippen LogP contribution < -0.4 is 5.32 Å². The molecule has 0 saturated carbocycles. The zero-order valence-corrected chi connectivity index (χ0v) is 11.5. The third-order valence-electron chi connectivity index (χ3n) is 3.71. The number of nitrogens with zero attached hydrogens (tertiary/aromatic N) is 3. The van der Waals surface area contributed by atoms with E-state index in [1.165, 1.54) is 16.7 Å². The average molecular weight is 274 g/mol. The van der Waals surface area contributed by atoms with Gasteiger partial charge in [-0.1, -0.05) is 24.3 Å². The van der Waals surface area contributed by atoms with E-state index in [-0.39, 0.29) is 0 Å². The Kier molecular flexibility index (Phi) is 2.85. The van der Waals surface area contributed by atoms with Crippen LogP contribution in [0.1, 0.15) is 16.7 Å². The van der Waals surface area contributed by atoms with Crippen LogP contribution in [0.5, 0.6) is 0 Å². The van der Waals surface area contributed by atoms with Gasteiger partial charge in [-0.15, -0.1) is 0 Å². The lowest BCUT2D eigenvalue weighted by atomic mass is 10.1. The van der Waals surface area contributed by atoms with Gasteiger partial charge in [-0.3, -0.25) is 0 Å². The van der Waals surface area contributed by atoms with Gasteiger partial charge < -0.3 is 5.32 Å². The average Bonchev–Trinajstić information content (AvgIpc) is 3.00. The summed E-state index contributed by atoms with van der Waals surface area (Å²) in [6.45, 7) is 0.738. The first-order chi connectivity index (χ1) is 10.4. The quantitative estimate of drug-likeness (QED) is 0.796. The van der Waals surface area contributed by atoms with Crippen molar-refractivity contribution in [2.24, 2.45) is 0 Å². The van der Waals surface area contributed by atoms with E-state index >= 15 is 0 Å². The second-order valence-electron chi connectivity index (χ2n) is 5.09. The number of benzene rings is 1. The van der Waals surface area contributed by atoms with E-state index in [1.54, 1.807) is 12.5 Å². The van der Waals surface area contributed by atoms with Crippen LogP contribution in [-0.4, -0.2) is 15.0 Å². The molecule has 0 bridgehead atoms. The molecule has 0 fully saturated rings. The van der Waals surface area contributed by atoms with Crippen LogP contribution in [0, 0.1) is 0 Å². The molecular formula is C17H14N4. The summed E-state index contributed by atoms with van der Waals surface area (Å²) in [7, 11) is 0. The first kappa shape index (κ1) is 12.0. The number of allylic oxidation sites excluding steroid dienone is 1. The first-order valence-corrected chi connectivity index (χ1v) is 6.98. The lowest BCUT2D eigenvalue weighted by molar-refractivity contribution is 1.09. The molecule has 1 aliphatic rings. The molecule has 4 rings (SSSR count). The van der Waals surface area contributed by atoms with Gasteiger partial charge in [0.05, 0.1) is 5.39 Å². The highest BCUT2D eigenvalue weighted by Gasteiger charge is 2.07. The summed E-state index contributed by atoms with van der Waals surface area (Å²) in [5.41, 5.74) is 4.68. The molecule has 1 aromatic carbocycles. The van der Waals surface area contributed by atoms with Crippen molar-refractivity contribution in [3.63, 3.8) is 0 Å². The Morgan fingerprint density at radius 1 is 1.10 bits per heavy atom. The summed E-state index contributed by atoms with van der Waals surface area (Å²) in [4.78, 5) is 12.7. The number of hydrogen-bond donors (Lipinski definition) is 1. The topological polar surface area (TPSA) is 50.7 Å². The summed E-state index contributed by atoms with van der Waals surface area (Å²) in [5, 5.41) is 4.33. The number of nitrogens with one attached hydrogen (secondary N) is 1. The smallest absolute Gasteiger partial charge is 0.164 e. The molecule has 0 radical (unpaired) electrons. The van der Waals surface area contributed by atoms with E-state index in [2.05, 4.69) is 50.6 Å². The van der Waals surface area contributed by atoms with Crippen LogP contribution in [0.4, 0.5) is 5.82 Å². The predicted molar refractivity (Wildman–Crippen MR) is 83.8 cm³/mol. The van der Waals surface area contributed by atoms with Gasteiger partial charge in [-0.2, -0.15) is 0 Å². The molecule has 2 aromatic heterocycles. The zero-order valence-electron chi connectivity index (χ0n) is 11.5. The van der Waals surface area contributed by atoms with Crippen molar-refractivity contribution in [1.29, 1.82) is 0 Å². The normalized spacial score (nSPS) is 12.6. The molecule has 102 valence electrons. The molecule has 21 heavy (non-hydrogen) atoms. The van der Waals surface area contributed by atoms with Crippen molar-refractivity contribution < 1.29 is 0 Å². The molecule has 0 spiro atoms. The van der Waals surface area contributed by atoms with E-state index in [0.717, 1.165) is 24.2 Å². The molecule has 0 amide bonds. The fourth-order valence-corrected chi connectivity index (χ4v) is 2.63. The fourth-order valence-electron chi connectivity index (χ4n) is 2.63. The zero-order chi connectivity index (χ0) is 14.1. The standard InChI is InChI=1S/C17H14N4/c1-3-13-7-6-12(9-14(13)4-1)10-19-17-15-5-2-8-18-16(15)20-11-21-17/h1-2,4-9,11H,3,10H2,(H,18,19,20,21). The number of hydrogen-bond acceptors (Lipinski definition) is 4. The molecule has 4 heteroatoms. The maximum Gasteiger partial charge on any atom is 0.164 e. The van der Waals surface area contributed by atoms with Crippen LogP contribution >= 0.6 is 0 Å². The van der Waals surface area contributed by atoms with E-state index in [9.17, 15) is 0 Å². The molecular weight excluding hydrogens is 260 g/mol. The molecule has 0 saturated heterocycles. The maximum absolute atomic E-state index is 4.32. The first-order valence-electron chi connectivity index (χ1n) is 6.98. The van der Waals surface area contributed by atoms with Gasteiger partial charge >= 0.3 is 0 Å². The molecule has 3 aromatic rings. The van der Waals surface area contributed by atoms with E-state index in [0.29, 0.717) is 5.65 Å². The van der Waals surface area contributed by atoms with E-state index in [4.69, 9.17) is 0 Å². The van der Waals surface area contributed by atoms with Gasteiger partial charge in [0, 0.05) is 12.7 Å². The molecule has 0 unspecified atom stereocenters. The van der Waals surface area contributed by atoms with Crippen molar-refractivity contribution in [2.45, 2.75) is 13.0 Å². The minimum atomic E-state index is 0.715. The fraction of sp³-hybridized carbons (Fsp3) is 0.118. The van der Waals surface area contributed by atoms with Crippen molar-refractivity contribution in [1.82, 2.24) is 15.0 Å². The second kappa shape index (κ2) is 4.98. The number of pyridine rings is 1. The third kappa shape index (κ3) is 2.25. The minimum Gasteiger partial charge on any atom is -0.365 e. The number of anilines is 1. The lowest BCUT2D eigenvalue weighted by Crippen LogP contribution is -2.03. The van der Waals surface area contributed by atoms with E-state index in [1.807, 2.05) is 12.1 Å². The Bertz CT molecular complexity index is 834. The molecule has 0 atom stereocenters. The van der Waals surface area contributed by atoms with Crippen molar-refractivity contribution in [3.05, 3.63) is 65.6 Å². The maximum atomic E-state index is 4.32. The van der Waals surface area contributed by atoms with Gasteiger partial charge in [0.1, 0.15) is 12.1 Å². The molecule has 1 N–H and O–H groups in total. The monoisotopic (exact) mass is 274 g/mol.